The first-order valence-corrected chi connectivity index (χ1v) is 9.53. The highest BCUT2D eigenvalue weighted by atomic mass is 79.9. The van der Waals surface area contributed by atoms with E-state index in [4.69, 9.17) is 14.4 Å². The van der Waals surface area contributed by atoms with E-state index in [1.165, 1.54) is 31.4 Å². The molecule has 0 radical (unpaired) electrons. The topological polar surface area (TPSA) is 165 Å². The quantitative estimate of drug-likeness (QED) is 0.196. The Morgan fingerprint density at radius 2 is 2.16 bits per heavy atom. The summed E-state index contributed by atoms with van der Waals surface area (Å²) >= 11 is 3.15. The number of furan rings is 1. The maximum absolute atomic E-state index is 12.7. The maximum atomic E-state index is 12.7. The van der Waals surface area contributed by atoms with Crippen molar-refractivity contribution in [3.63, 3.8) is 0 Å². The molecule has 32 heavy (non-hydrogen) atoms. The predicted molar refractivity (Wildman–Crippen MR) is 109 cm³/mol. The first-order chi connectivity index (χ1) is 15.2. The molecule has 1 fully saturated rings. The highest BCUT2D eigenvalue weighted by Crippen LogP contribution is 2.37. The number of ether oxygens (including phenoxy) is 2. The fourth-order valence-electron chi connectivity index (χ4n) is 2.78. The third-order valence-electron chi connectivity index (χ3n) is 4.16. The highest BCUT2D eigenvalue weighted by Gasteiger charge is 2.34. The molecule has 0 saturated carbocycles. The van der Waals surface area contributed by atoms with Crippen LogP contribution in [0.2, 0.25) is 0 Å². The van der Waals surface area contributed by atoms with Gasteiger partial charge in [-0.3, -0.25) is 19.8 Å². The smallest absolute Gasteiger partial charge is 0.373 e. The Morgan fingerprint density at radius 3 is 2.81 bits per heavy atom. The number of halogens is 1. The molecule has 0 atom stereocenters. The standard InChI is InChI=1S/C19H13BrN4O8/c1-30-18(26)15-3-2-11(32-15)9-23-17(25)13(22-19(23)27)7-10-6-12(20)16(31-5-4-21)14(8-10)24(28)29/h2-3,6-8H,5,9H2,1H3,(H,22,27)/b13-7-. The number of nitrogens with zero attached hydrogens (tertiary/aromatic N) is 3. The minimum atomic E-state index is -0.736. The number of nitro benzene ring substituents is 1. The van der Waals surface area contributed by atoms with Gasteiger partial charge in [0.05, 0.1) is 23.1 Å². The average molecular weight is 505 g/mol. The van der Waals surface area contributed by atoms with E-state index in [-0.39, 0.29) is 39.5 Å². The number of amides is 3. The molecule has 0 spiro atoms. The second kappa shape index (κ2) is 9.31. The van der Waals surface area contributed by atoms with Crippen molar-refractivity contribution in [3.05, 3.63) is 61.6 Å². The van der Waals surface area contributed by atoms with Gasteiger partial charge in [0, 0.05) is 6.07 Å². The largest absolute Gasteiger partial charge is 0.471 e. The molecule has 1 aromatic heterocycles. The summed E-state index contributed by atoms with van der Waals surface area (Å²) in [4.78, 5) is 47.9. The Morgan fingerprint density at radius 1 is 1.41 bits per heavy atom. The number of hydrogen-bond donors (Lipinski definition) is 1. The number of carbonyl (C=O) groups is 3. The number of nitriles is 1. The number of carbonyl (C=O) groups excluding carboxylic acids is 3. The number of hydrogen-bond acceptors (Lipinski definition) is 9. The van der Waals surface area contributed by atoms with Crippen molar-refractivity contribution in [1.82, 2.24) is 10.2 Å². The summed E-state index contributed by atoms with van der Waals surface area (Å²) in [5.41, 5.74) is -0.327. The highest BCUT2D eigenvalue weighted by molar-refractivity contribution is 9.10. The van der Waals surface area contributed by atoms with E-state index in [1.54, 1.807) is 6.07 Å². The van der Waals surface area contributed by atoms with E-state index in [9.17, 15) is 24.5 Å². The van der Waals surface area contributed by atoms with Crippen LogP contribution in [0.1, 0.15) is 21.9 Å². The predicted octanol–water partition coefficient (Wildman–Crippen LogP) is 2.73. The van der Waals surface area contributed by atoms with Gasteiger partial charge in [-0.05, 0) is 45.8 Å². The molecule has 3 amide bonds. The van der Waals surface area contributed by atoms with Crippen LogP contribution in [0.4, 0.5) is 10.5 Å². The van der Waals surface area contributed by atoms with Crippen molar-refractivity contribution in [1.29, 1.82) is 5.26 Å². The summed E-state index contributed by atoms with van der Waals surface area (Å²) in [5, 5.41) is 22.4. The average Bonchev–Trinajstić information content (AvgIpc) is 3.32. The lowest BCUT2D eigenvalue weighted by molar-refractivity contribution is -0.385. The first-order valence-electron chi connectivity index (χ1n) is 8.74. The van der Waals surface area contributed by atoms with E-state index in [1.807, 2.05) is 0 Å². The van der Waals surface area contributed by atoms with Crippen LogP contribution in [0.15, 0.2) is 38.9 Å². The lowest BCUT2D eigenvalue weighted by Gasteiger charge is -2.09. The number of esters is 1. The number of benzene rings is 1. The molecular weight excluding hydrogens is 492 g/mol. The van der Waals surface area contributed by atoms with Gasteiger partial charge in [-0.1, -0.05) is 0 Å². The van der Waals surface area contributed by atoms with Gasteiger partial charge in [0.1, 0.15) is 17.5 Å². The molecular formula is C19H13BrN4O8. The number of urea groups is 1. The minimum absolute atomic E-state index is 0.0822. The third kappa shape index (κ3) is 4.60. The summed E-state index contributed by atoms with van der Waals surface area (Å²) in [7, 11) is 1.18. The molecule has 12 nitrogen and oxygen atoms in total. The molecule has 1 aliphatic rings. The molecule has 3 rings (SSSR count). The lowest BCUT2D eigenvalue weighted by atomic mass is 10.1. The van der Waals surface area contributed by atoms with Crippen LogP contribution in [0.5, 0.6) is 5.75 Å². The Hall–Kier alpha value is -4.18. The molecule has 0 unspecified atom stereocenters. The zero-order valence-electron chi connectivity index (χ0n) is 16.3. The second-order valence-corrected chi connectivity index (χ2v) is 7.05. The molecule has 1 aliphatic heterocycles. The monoisotopic (exact) mass is 504 g/mol. The lowest BCUT2D eigenvalue weighted by Crippen LogP contribution is -2.30. The molecule has 13 heteroatoms. The van der Waals surface area contributed by atoms with Gasteiger partial charge in [0.25, 0.3) is 5.91 Å². The molecule has 1 saturated heterocycles. The van der Waals surface area contributed by atoms with Gasteiger partial charge in [0.2, 0.25) is 11.5 Å². The van der Waals surface area contributed by atoms with E-state index in [0.717, 1.165) is 11.0 Å². The number of methoxy groups -OCH3 is 1. The summed E-state index contributed by atoms with van der Waals surface area (Å²) in [6.45, 7) is -0.641. The number of nitrogens with one attached hydrogen (secondary N) is 1. The second-order valence-electron chi connectivity index (χ2n) is 6.19. The Balaban J connectivity index is 1.85. The minimum Gasteiger partial charge on any atom is -0.471 e. The van der Waals surface area contributed by atoms with Gasteiger partial charge in [-0.25, -0.2) is 9.59 Å². The molecule has 2 heterocycles. The summed E-state index contributed by atoms with van der Waals surface area (Å²) in [5.74, 6) is -1.45. The van der Waals surface area contributed by atoms with E-state index in [2.05, 4.69) is 26.0 Å². The van der Waals surface area contributed by atoms with Crippen molar-refractivity contribution in [2.45, 2.75) is 6.54 Å². The van der Waals surface area contributed by atoms with Crippen molar-refractivity contribution >= 4 is 45.6 Å². The zero-order chi connectivity index (χ0) is 23.4. The number of rotatable bonds is 7. The van der Waals surface area contributed by atoms with Crippen molar-refractivity contribution in [3.8, 4) is 11.8 Å². The number of imide groups is 1. The number of nitro groups is 1. The normalized spacial score (nSPS) is 14.3. The summed E-state index contributed by atoms with van der Waals surface area (Å²) in [6.07, 6.45) is 1.26. The van der Waals surface area contributed by atoms with E-state index >= 15 is 0 Å². The van der Waals surface area contributed by atoms with Crippen LogP contribution in [-0.4, -0.2) is 41.4 Å². The maximum Gasteiger partial charge on any atom is 0.373 e. The van der Waals surface area contributed by atoms with Crippen LogP contribution in [-0.2, 0) is 16.1 Å². The van der Waals surface area contributed by atoms with Crippen LogP contribution in [0.3, 0.4) is 0 Å². The Bertz CT molecular complexity index is 1200. The van der Waals surface area contributed by atoms with Gasteiger partial charge in [-0.15, -0.1) is 0 Å². The molecule has 1 aromatic carbocycles. The molecule has 164 valence electrons. The van der Waals surface area contributed by atoms with Crippen molar-refractivity contribution in [2.75, 3.05) is 13.7 Å². The Kier molecular flexibility index (Phi) is 6.55. The van der Waals surface area contributed by atoms with Crippen molar-refractivity contribution in [2.24, 2.45) is 0 Å². The van der Waals surface area contributed by atoms with Crippen LogP contribution in [0.25, 0.3) is 6.08 Å². The molecule has 0 bridgehead atoms. The van der Waals surface area contributed by atoms with E-state index in [0.29, 0.717) is 0 Å². The van der Waals surface area contributed by atoms with Crippen LogP contribution in [0, 0.1) is 21.4 Å². The van der Waals surface area contributed by atoms with Crippen molar-refractivity contribution < 1.29 is 33.2 Å². The van der Waals surface area contributed by atoms with E-state index < -0.39 is 35.1 Å². The fourth-order valence-corrected chi connectivity index (χ4v) is 3.36. The molecule has 1 N–H and O–H groups in total. The van der Waals surface area contributed by atoms with Gasteiger partial charge < -0.3 is 19.2 Å². The van der Waals surface area contributed by atoms with Gasteiger partial charge >= 0.3 is 17.7 Å². The fraction of sp³-hybridized carbons (Fsp3) is 0.158. The molecule has 2 aromatic rings. The van der Waals surface area contributed by atoms with Gasteiger partial charge in [0.15, 0.2) is 6.61 Å². The third-order valence-corrected chi connectivity index (χ3v) is 4.75. The Labute approximate surface area is 188 Å². The SMILES string of the molecule is COC(=O)c1ccc(CN2C(=O)N/C(=C\c3cc(Br)c(OCC#N)c([N+](=O)[O-])c3)C2=O)o1. The molecule has 0 aliphatic carbocycles. The zero-order valence-corrected chi connectivity index (χ0v) is 17.9. The van der Waals surface area contributed by atoms with Crippen LogP contribution < -0.4 is 10.1 Å². The summed E-state index contributed by atoms with van der Waals surface area (Å²) in [6, 6.07) is 6.34. The first kappa shape index (κ1) is 22.5. The van der Waals surface area contributed by atoms with Crippen LogP contribution >= 0.6 is 15.9 Å². The van der Waals surface area contributed by atoms with Gasteiger partial charge in [-0.2, -0.15) is 5.26 Å². The summed E-state index contributed by atoms with van der Waals surface area (Å²) < 4.78 is 15.1.